The molecule has 0 atom stereocenters. The molecule has 3 nitrogen and oxygen atoms in total. The number of aryl methyl sites for hydroxylation is 1. The van der Waals surface area contributed by atoms with Gasteiger partial charge < -0.3 is 14.6 Å². The minimum absolute atomic E-state index is 0.0589. The molecule has 0 aliphatic carbocycles. The highest BCUT2D eigenvalue weighted by molar-refractivity contribution is 5.50. The molecule has 0 spiro atoms. The largest absolute Gasteiger partial charge is 0.489 e. The van der Waals surface area contributed by atoms with E-state index in [2.05, 4.69) is 0 Å². The summed E-state index contributed by atoms with van der Waals surface area (Å²) in [6.45, 7) is 0.558. The van der Waals surface area contributed by atoms with Crippen LogP contribution in [0.4, 0.5) is 0 Å². The summed E-state index contributed by atoms with van der Waals surface area (Å²) in [5.41, 5.74) is 3.09. The van der Waals surface area contributed by atoms with Gasteiger partial charge in [-0.25, -0.2) is 0 Å². The number of carbonyl (C=O) groups excluding carboxylic acids is 1. The summed E-state index contributed by atoms with van der Waals surface area (Å²) in [5, 5.41) is 8.97. The van der Waals surface area contributed by atoms with Gasteiger partial charge in [0.25, 0.3) is 0 Å². The molecule has 0 unspecified atom stereocenters. The molecule has 0 fully saturated rings. The summed E-state index contributed by atoms with van der Waals surface area (Å²) in [6, 6.07) is 15.5. The van der Waals surface area contributed by atoms with Crippen LogP contribution in [0.3, 0.4) is 0 Å². The molecule has 2 aromatic carbocycles. The molecule has 3 heteroatoms. The molecule has 0 heterocycles. The first-order chi connectivity index (χ1) is 9.81. The van der Waals surface area contributed by atoms with Gasteiger partial charge in [0.15, 0.2) is 0 Å². The molecule has 104 valence electrons. The molecule has 0 saturated carbocycles. The summed E-state index contributed by atoms with van der Waals surface area (Å²) in [4.78, 5) is 10.3. The molecule has 20 heavy (non-hydrogen) atoms. The Kier molecular flexibility index (Phi) is 5.33. The number of rotatable bonds is 7. The van der Waals surface area contributed by atoms with Crippen molar-refractivity contribution in [2.75, 3.05) is 0 Å². The molecule has 2 rings (SSSR count). The molecule has 0 aliphatic rings. The SMILES string of the molecule is O=CCCc1ccc(OCc2ccc(CO)cc2)cc1. The number of carbonyl (C=O) groups is 1. The average Bonchev–Trinajstić information content (AvgIpc) is 2.52. The van der Waals surface area contributed by atoms with Gasteiger partial charge in [-0.15, -0.1) is 0 Å². The first-order valence-electron chi connectivity index (χ1n) is 6.66. The smallest absolute Gasteiger partial charge is 0.120 e. The summed E-state index contributed by atoms with van der Waals surface area (Å²) < 4.78 is 5.69. The van der Waals surface area contributed by atoms with E-state index in [0.717, 1.165) is 35.1 Å². The lowest BCUT2D eigenvalue weighted by molar-refractivity contribution is -0.107. The van der Waals surface area contributed by atoms with Crippen LogP contribution < -0.4 is 4.74 Å². The van der Waals surface area contributed by atoms with Gasteiger partial charge in [-0.2, -0.15) is 0 Å². The van der Waals surface area contributed by atoms with Crippen LogP contribution >= 0.6 is 0 Å². The quantitative estimate of drug-likeness (QED) is 0.787. The van der Waals surface area contributed by atoms with Crippen LogP contribution in [0.15, 0.2) is 48.5 Å². The van der Waals surface area contributed by atoms with Crippen LogP contribution in [-0.4, -0.2) is 11.4 Å². The third-order valence-electron chi connectivity index (χ3n) is 3.09. The highest BCUT2D eigenvalue weighted by atomic mass is 16.5. The van der Waals surface area contributed by atoms with Gasteiger partial charge >= 0.3 is 0 Å². The van der Waals surface area contributed by atoms with E-state index in [4.69, 9.17) is 9.84 Å². The van der Waals surface area contributed by atoms with E-state index in [-0.39, 0.29) is 6.61 Å². The number of benzene rings is 2. The Hall–Kier alpha value is -2.13. The Morgan fingerprint density at radius 3 is 2.10 bits per heavy atom. The van der Waals surface area contributed by atoms with Gasteiger partial charge in [0.05, 0.1) is 6.61 Å². The van der Waals surface area contributed by atoms with Gasteiger partial charge in [0.1, 0.15) is 18.6 Å². The zero-order valence-electron chi connectivity index (χ0n) is 11.3. The van der Waals surface area contributed by atoms with E-state index >= 15 is 0 Å². The normalized spacial score (nSPS) is 10.2. The maximum Gasteiger partial charge on any atom is 0.120 e. The average molecular weight is 270 g/mol. The number of aldehydes is 1. The van der Waals surface area contributed by atoms with Crippen molar-refractivity contribution in [1.82, 2.24) is 0 Å². The highest BCUT2D eigenvalue weighted by Crippen LogP contribution is 2.15. The second-order valence-corrected chi connectivity index (χ2v) is 4.61. The fraction of sp³-hybridized carbons (Fsp3) is 0.235. The summed E-state index contributed by atoms with van der Waals surface area (Å²) >= 11 is 0. The Bertz CT molecular complexity index is 529. The van der Waals surface area contributed by atoms with Crippen LogP contribution in [0.5, 0.6) is 5.75 Å². The summed E-state index contributed by atoms with van der Waals surface area (Å²) in [6.07, 6.45) is 2.25. The summed E-state index contributed by atoms with van der Waals surface area (Å²) in [5.74, 6) is 0.811. The molecule has 0 radical (unpaired) electrons. The minimum atomic E-state index is 0.0589. The van der Waals surface area contributed by atoms with Crippen molar-refractivity contribution in [3.8, 4) is 5.75 Å². The van der Waals surface area contributed by atoms with E-state index in [0.29, 0.717) is 13.0 Å². The van der Waals surface area contributed by atoms with Crippen molar-refractivity contribution in [1.29, 1.82) is 0 Å². The Morgan fingerprint density at radius 2 is 1.50 bits per heavy atom. The van der Waals surface area contributed by atoms with Crippen LogP contribution in [0.25, 0.3) is 0 Å². The molecular formula is C17H18O3. The van der Waals surface area contributed by atoms with Crippen molar-refractivity contribution in [2.24, 2.45) is 0 Å². The number of ether oxygens (including phenoxy) is 1. The highest BCUT2D eigenvalue weighted by Gasteiger charge is 1.98. The Labute approximate surface area is 118 Å². The number of aliphatic hydroxyl groups is 1. The van der Waals surface area contributed by atoms with E-state index < -0.39 is 0 Å². The second kappa shape index (κ2) is 7.46. The van der Waals surface area contributed by atoms with Crippen LogP contribution in [0.2, 0.25) is 0 Å². The van der Waals surface area contributed by atoms with Crippen molar-refractivity contribution in [3.05, 3.63) is 65.2 Å². The molecule has 0 aliphatic heterocycles. The van der Waals surface area contributed by atoms with Gasteiger partial charge in [-0.1, -0.05) is 36.4 Å². The zero-order valence-corrected chi connectivity index (χ0v) is 11.3. The third kappa shape index (κ3) is 4.21. The van der Waals surface area contributed by atoms with E-state index in [1.165, 1.54) is 0 Å². The molecule has 0 saturated heterocycles. The second-order valence-electron chi connectivity index (χ2n) is 4.61. The number of hydrogen-bond acceptors (Lipinski definition) is 3. The van der Waals surface area contributed by atoms with Gasteiger partial charge in [-0.3, -0.25) is 0 Å². The Morgan fingerprint density at radius 1 is 0.900 bits per heavy atom. The molecule has 0 aromatic heterocycles. The fourth-order valence-corrected chi connectivity index (χ4v) is 1.89. The lowest BCUT2D eigenvalue weighted by Crippen LogP contribution is -1.96. The van der Waals surface area contributed by atoms with E-state index in [1.807, 2.05) is 48.5 Å². The Balaban J connectivity index is 1.87. The lowest BCUT2D eigenvalue weighted by atomic mass is 10.1. The zero-order chi connectivity index (χ0) is 14.2. The third-order valence-corrected chi connectivity index (χ3v) is 3.09. The summed E-state index contributed by atoms with van der Waals surface area (Å²) in [7, 11) is 0. The van der Waals surface area contributed by atoms with Crippen molar-refractivity contribution in [3.63, 3.8) is 0 Å². The van der Waals surface area contributed by atoms with Crippen molar-refractivity contribution < 1.29 is 14.6 Å². The molecule has 1 N–H and O–H groups in total. The topological polar surface area (TPSA) is 46.5 Å². The van der Waals surface area contributed by atoms with Crippen LogP contribution in [0.1, 0.15) is 23.1 Å². The number of aliphatic hydroxyl groups excluding tert-OH is 1. The first-order valence-corrected chi connectivity index (χ1v) is 6.66. The predicted molar refractivity (Wildman–Crippen MR) is 77.5 cm³/mol. The lowest BCUT2D eigenvalue weighted by Gasteiger charge is -2.07. The fourth-order valence-electron chi connectivity index (χ4n) is 1.89. The van der Waals surface area contributed by atoms with E-state index in [1.54, 1.807) is 0 Å². The molecule has 2 aromatic rings. The first kappa shape index (κ1) is 14.3. The van der Waals surface area contributed by atoms with Crippen LogP contribution in [-0.2, 0) is 24.4 Å². The van der Waals surface area contributed by atoms with Gasteiger partial charge in [-0.05, 0) is 35.2 Å². The standard InChI is InChI=1S/C17H18O3/c18-11-1-2-14-7-9-17(10-8-14)20-13-16-5-3-15(12-19)4-6-16/h3-11,19H,1-2,12-13H2. The van der Waals surface area contributed by atoms with Crippen molar-refractivity contribution in [2.45, 2.75) is 26.1 Å². The van der Waals surface area contributed by atoms with Crippen LogP contribution in [0, 0.1) is 0 Å². The van der Waals surface area contributed by atoms with Gasteiger partial charge in [0, 0.05) is 6.42 Å². The van der Waals surface area contributed by atoms with Crippen molar-refractivity contribution >= 4 is 6.29 Å². The van der Waals surface area contributed by atoms with Gasteiger partial charge in [0.2, 0.25) is 0 Å². The monoisotopic (exact) mass is 270 g/mol. The number of hydrogen-bond donors (Lipinski definition) is 1. The van der Waals surface area contributed by atoms with E-state index in [9.17, 15) is 4.79 Å². The molecule has 0 bridgehead atoms. The maximum absolute atomic E-state index is 10.3. The predicted octanol–water partition coefficient (Wildman–Crippen LogP) is 2.89. The molecular weight excluding hydrogens is 252 g/mol. The minimum Gasteiger partial charge on any atom is -0.489 e. The maximum atomic E-state index is 10.3. The molecule has 0 amide bonds.